The number of nitrogens with one attached hydrogen (secondary N) is 1. The third-order valence-corrected chi connectivity index (χ3v) is 5.47. The second kappa shape index (κ2) is 13.6. The normalized spacial score (nSPS) is 16.8. The minimum atomic E-state index is -0.792. The number of benzene rings is 1. The maximum atomic E-state index is 12.9. The second-order valence-electron chi connectivity index (χ2n) is 8.17. The molecule has 1 aliphatic heterocycles. The van der Waals surface area contributed by atoms with Gasteiger partial charge in [0.2, 0.25) is 0 Å². The van der Waals surface area contributed by atoms with E-state index in [1.807, 2.05) is 31.2 Å². The van der Waals surface area contributed by atoms with Gasteiger partial charge in [0.25, 0.3) is 5.91 Å². The molecular formula is C24H40N2O4. The topological polar surface area (TPSA) is 60.0 Å². The fourth-order valence-electron chi connectivity index (χ4n) is 3.49. The molecule has 2 rings (SSSR count). The number of amides is 1. The molecule has 0 unspecified atom stereocenters. The lowest BCUT2D eigenvalue weighted by atomic mass is 9.96. The van der Waals surface area contributed by atoms with Crippen LogP contribution in [-0.2, 0) is 14.3 Å². The van der Waals surface area contributed by atoms with Crippen LogP contribution in [0.1, 0.15) is 59.3 Å². The molecule has 0 spiro atoms. The molecule has 0 saturated carbocycles. The van der Waals surface area contributed by atoms with Gasteiger partial charge in [-0.15, -0.1) is 0 Å². The predicted octanol–water partition coefficient (Wildman–Crippen LogP) is 4.49. The highest BCUT2D eigenvalue weighted by molar-refractivity contribution is 5.97. The quantitative estimate of drug-likeness (QED) is 0.449. The van der Waals surface area contributed by atoms with E-state index >= 15 is 0 Å². The second-order valence-corrected chi connectivity index (χ2v) is 8.17. The average Bonchev–Trinajstić information content (AvgIpc) is 2.77. The summed E-state index contributed by atoms with van der Waals surface area (Å²) in [6, 6.07) is 7.60. The summed E-state index contributed by atoms with van der Waals surface area (Å²) in [5, 5.41) is 3.02. The Balaban J connectivity index is 1.78. The molecule has 0 bridgehead atoms. The van der Waals surface area contributed by atoms with E-state index in [9.17, 15) is 4.79 Å². The van der Waals surface area contributed by atoms with Gasteiger partial charge in [0.05, 0.1) is 19.8 Å². The lowest BCUT2D eigenvalue weighted by Crippen LogP contribution is -2.43. The van der Waals surface area contributed by atoms with Gasteiger partial charge in [0.15, 0.2) is 0 Å². The first kappa shape index (κ1) is 24.6. The smallest absolute Gasteiger partial charge is 0.256 e. The molecule has 1 fully saturated rings. The molecule has 170 valence electrons. The number of nitrogens with zero attached hydrogens (tertiary/aromatic N) is 1. The number of ether oxygens (including phenoxy) is 3. The molecule has 1 aromatic rings. The van der Waals surface area contributed by atoms with Crippen LogP contribution in [0.5, 0.6) is 5.75 Å². The van der Waals surface area contributed by atoms with Crippen LogP contribution in [0, 0.1) is 0 Å². The molecule has 0 radical (unpaired) electrons. The van der Waals surface area contributed by atoms with Crippen molar-refractivity contribution in [2.75, 3.05) is 51.4 Å². The average molecular weight is 421 g/mol. The molecule has 1 amide bonds. The summed E-state index contributed by atoms with van der Waals surface area (Å²) in [5.74, 6) is 0.745. The van der Waals surface area contributed by atoms with E-state index in [4.69, 9.17) is 14.2 Å². The number of anilines is 1. The highest BCUT2D eigenvalue weighted by atomic mass is 16.5. The van der Waals surface area contributed by atoms with Crippen LogP contribution in [-0.4, -0.2) is 62.5 Å². The van der Waals surface area contributed by atoms with Crippen LogP contribution in [0.3, 0.4) is 0 Å². The highest BCUT2D eigenvalue weighted by Crippen LogP contribution is 2.23. The molecular weight excluding hydrogens is 380 g/mol. The number of unbranched alkanes of at least 4 members (excludes halogenated alkanes) is 2. The van der Waals surface area contributed by atoms with Crippen LogP contribution in [0.4, 0.5) is 5.69 Å². The monoisotopic (exact) mass is 420 g/mol. The molecule has 1 N–H and O–H groups in total. The standard InChI is InChI=1S/C24H40N2O4/c1-4-6-7-13-24(3,30-17-5-2)23(27)25-21-9-11-22(12-10-21)29-18-8-14-26-15-19-28-20-16-26/h9-12H,4-8,13-20H2,1-3H3,(H,25,27)/t24-/m1/s1. The zero-order valence-electron chi connectivity index (χ0n) is 19.1. The first-order valence-electron chi connectivity index (χ1n) is 11.6. The maximum absolute atomic E-state index is 12.9. The number of rotatable bonds is 14. The van der Waals surface area contributed by atoms with Crippen molar-refractivity contribution in [3.05, 3.63) is 24.3 Å². The van der Waals surface area contributed by atoms with Crippen molar-refractivity contribution in [2.24, 2.45) is 0 Å². The van der Waals surface area contributed by atoms with E-state index in [0.717, 1.165) is 82.8 Å². The Morgan fingerprint density at radius 2 is 1.80 bits per heavy atom. The zero-order valence-corrected chi connectivity index (χ0v) is 19.1. The Morgan fingerprint density at radius 1 is 1.07 bits per heavy atom. The van der Waals surface area contributed by atoms with Crippen molar-refractivity contribution in [1.29, 1.82) is 0 Å². The number of hydrogen-bond donors (Lipinski definition) is 1. The fraction of sp³-hybridized carbons (Fsp3) is 0.708. The van der Waals surface area contributed by atoms with Crippen LogP contribution < -0.4 is 10.1 Å². The third kappa shape index (κ3) is 8.62. The van der Waals surface area contributed by atoms with Crippen molar-refractivity contribution in [3.63, 3.8) is 0 Å². The Labute approximate surface area is 182 Å². The van der Waals surface area contributed by atoms with E-state index in [0.29, 0.717) is 13.2 Å². The van der Waals surface area contributed by atoms with Crippen LogP contribution >= 0.6 is 0 Å². The highest BCUT2D eigenvalue weighted by Gasteiger charge is 2.33. The van der Waals surface area contributed by atoms with Gasteiger partial charge in [0, 0.05) is 31.9 Å². The van der Waals surface area contributed by atoms with E-state index in [2.05, 4.69) is 24.1 Å². The molecule has 1 aliphatic rings. The van der Waals surface area contributed by atoms with Gasteiger partial charge in [-0.2, -0.15) is 0 Å². The molecule has 1 saturated heterocycles. The molecule has 1 heterocycles. The SMILES string of the molecule is CCCCC[C@@](C)(OCCC)C(=O)Nc1ccc(OCCCN2CCOCC2)cc1. The largest absolute Gasteiger partial charge is 0.494 e. The van der Waals surface area contributed by atoms with Crippen molar-refractivity contribution in [3.8, 4) is 5.75 Å². The predicted molar refractivity (Wildman–Crippen MR) is 121 cm³/mol. The minimum absolute atomic E-state index is 0.0776. The summed E-state index contributed by atoms with van der Waals surface area (Å²) in [6.45, 7) is 12.1. The fourth-order valence-corrected chi connectivity index (χ4v) is 3.49. The summed E-state index contributed by atoms with van der Waals surface area (Å²) < 4.78 is 17.2. The Morgan fingerprint density at radius 3 is 2.47 bits per heavy atom. The number of morpholine rings is 1. The molecule has 30 heavy (non-hydrogen) atoms. The van der Waals surface area contributed by atoms with Crippen LogP contribution in [0.25, 0.3) is 0 Å². The van der Waals surface area contributed by atoms with Gasteiger partial charge in [-0.25, -0.2) is 0 Å². The maximum Gasteiger partial charge on any atom is 0.256 e. The molecule has 0 aromatic heterocycles. The first-order chi connectivity index (χ1) is 14.6. The Kier molecular flexibility index (Phi) is 11.2. The third-order valence-electron chi connectivity index (χ3n) is 5.47. The van der Waals surface area contributed by atoms with Crippen LogP contribution in [0.2, 0.25) is 0 Å². The minimum Gasteiger partial charge on any atom is -0.494 e. The summed E-state index contributed by atoms with van der Waals surface area (Å²) in [5.41, 5.74) is -0.0256. The lowest BCUT2D eigenvalue weighted by molar-refractivity contribution is -0.140. The molecule has 1 aromatic carbocycles. The number of carbonyl (C=O) groups excluding carboxylic acids is 1. The number of carbonyl (C=O) groups is 1. The van der Waals surface area contributed by atoms with Crippen molar-refractivity contribution in [2.45, 2.75) is 64.9 Å². The Bertz CT molecular complexity index is 602. The summed E-state index contributed by atoms with van der Waals surface area (Å²) in [4.78, 5) is 15.3. The first-order valence-corrected chi connectivity index (χ1v) is 11.6. The van der Waals surface area contributed by atoms with Gasteiger partial charge in [0.1, 0.15) is 11.4 Å². The summed E-state index contributed by atoms with van der Waals surface area (Å²) in [7, 11) is 0. The van der Waals surface area contributed by atoms with Crippen molar-refractivity contribution < 1.29 is 19.0 Å². The van der Waals surface area contributed by atoms with Crippen molar-refractivity contribution in [1.82, 2.24) is 4.90 Å². The van der Waals surface area contributed by atoms with E-state index in [-0.39, 0.29) is 5.91 Å². The van der Waals surface area contributed by atoms with E-state index in [1.165, 1.54) is 0 Å². The van der Waals surface area contributed by atoms with Crippen LogP contribution in [0.15, 0.2) is 24.3 Å². The molecule has 1 atom stereocenters. The summed E-state index contributed by atoms with van der Waals surface area (Å²) in [6.07, 6.45) is 5.84. The summed E-state index contributed by atoms with van der Waals surface area (Å²) >= 11 is 0. The van der Waals surface area contributed by atoms with Gasteiger partial charge in [-0.05, 0) is 50.5 Å². The zero-order chi connectivity index (χ0) is 21.7. The van der Waals surface area contributed by atoms with Gasteiger partial charge >= 0.3 is 0 Å². The van der Waals surface area contributed by atoms with Gasteiger partial charge in [-0.3, -0.25) is 9.69 Å². The Hall–Kier alpha value is -1.63. The van der Waals surface area contributed by atoms with Gasteiger partial charge in [-0.1, -0.05) is 33.1 Å². The molecule has 6 nitrogen and oxygen atoms in total. The van der Waals surface area contributed by atoms with E-state index < -0.39 is 5.60 Å². The van der Waals surface area contributed by atoms with Crippen molar-refractivity contribution >= 4 is 11.6 Å². The number of hydrogen-bond acceptors (Lipinski definition) is 5. The van der Waals surface area contributed by atoms with Gasteiger partial charge < -0.3 is 19.5 Å². The molecule has 6 heteroatoms. The molecule has 0 aliphatic carbocycles. The van der Waals surface area contributed by atoms with E-state index in [1.54, 1.807) is 0 Å². The lowest BCUT2D eigenvalue weighted by Gasteiger charge is -2.28.